The minimum absolute atomic E-state index is 0.501. The number of rotatable bonds is 5. The van der Waals surface area contributed by atoms with Gasteiger partial charge in [0.1, 0.15) is 5.58 Å². The summed E-state index contributed by atoms with van der Waals surface area (Å²) in [6.07, 6.45) is 3.53. The van der Waals surface area contributed by atoms with Crippen LogP contribution in [0.3, 0.4) is 0 Å². The summed E-state index contributed by atoms with van der Waals surface area (Å²) in [6.45, 7) is 0. The molecule has 4 aromatic carbocycles. The topological polar surface area (TPSA) is 101 Å². The maximum atomic E-state index is 9.29. The average Bonchev–Trinajstić information content (AvgIpc) is 3.50. The van der Waals surface area contributed by atoms with Crippen LogP contribution in [0.25, 0.3) is 78.6 Å². The van der Waals surface area contributed by atoms with Crippen molar-refractivity contribution in [1.29, 1.82) is 5.26 Å². The molecule has 45 heavy (non-hydrogen) atoms. The number of furan rings is 1. The predicted octanol–water partition coefficient (Wildman–Crippen LogP) is 8.77. The molecule has 7 nitrogen and oxygen atoms in total. The molecule has 0 unspecified atom stereocenters. The first-order valence-corrected chi connectivity index (χ1v) is 14.4. The molecular formula is C38H22N6O. The molecule has 8 rings (SSSR count). The molecule has 4 heterocycles. The molecule has 0 fully saturated rings. The third-order valence-corrected chi connectivity index (χ3v) is 7.69. The van der Waals surface area contributed by atoms with E-state index >= 15 is 0 Å². The average molecular weight is 579 g/mol. The Morgan fingerprint density at radius 2 is 1.24 bits per heavy atom. The van der Waals surface area contributed by atoms with Crippen molar-refractivity contribution < 1.29 is 4.42 Å². The maximum Gasteiger partial charge on any atom is 0.227 e. The lowest BCUT2D eigenvalue weighted by molar-refractivity contribution is 0.654. The first-order chi connectivity index (χ1) is 22.2. The van der Waals surface area contributed by atoms with Crippen LogP contribution in [0.15, 0.2) is 138 Å². The number of hydrogen-bond acceptors (Lipinski definition) is 7. The number of nitrogens with zero attached hydrogens (tertiary/aromatic N) is 6. The van der Waals surface area contributed by atoms with Gasteiger partial charge in [-0.25, -0.2) is 19.9 Å². The zero-order chi connectivity index (χ0) is 30.2. The summed E-state index contributed by atoms with van der Waals surface area (Å²) in [7, 11) is 0. The Morgan fingerprint density at radius 1 is 0.556 bits per heavy atom. The highest BCUT2D eigenvalue weighted by Crippen LogP contribution is 2.37. The molecule has 8 aromatic rings. The van der Waals surface area contributed by atoms with Crippen molar-refractivity contribution in [3.05, 3.63) is 139 Å². The van der Waals surface area contributed by atoms with Crippen molar-refractivity contribution in [1.82, 2.24) is 24.9 Å². The maximum absolute atomic E-state index is 9.29. The molecule has 0 radical (unpaired) electrons. The van der Waals surface area contributed by atoms with Crippen LogP contribution in [0, 0.1) is 11.3 Å². The number of fused-ring (bicyclic) bond motifs is 3. The van der Waals surface area contributed by atoms with E-state index in [1.807, 2.05) is 103 Å². The molecule has 0 saturated carbocycles. The number of pyridine rings is 2. The van der Waals surface area contributed by atoms with E-state index in [1.165, 1.54) is 0 Å². The Balaban J connectivity index is 1.24. The van der Waals surface area contributed by atoms with Gasteiger partial charge in [-0.05, 0) is 53.6 Å². The molecule has 0 saturated heterocycles. The second-order valence-electron chi connectivity index (χ2n) is 10.5. The van der Waals surface area contributed by atoms with Crippen LogP contribution in [0.1, 0.15) is 5.56 Å². The third-order valence-electron chi connectivity index (χ3n) is 7.69. The van der Waals surface area contributed by atoms with Crippen LogP contribution in [-0.2, 0) is 0 Å². The molecule has 0 N–H and O–H groups in total. The van der Waals surface area contributed by atoms with Crippen molar-refractivity contribution in [3.63, 3.8) is 0 Å². The van der Waals surface area contributed by atoms with Crippen molar-refractivity contribution in [2.75, 3.05) is 0 Å². The van der Waals surface area contributed by atoms with Gasteiger partial charge in [0, 0.05) is 40.0 Å². The molecule has 210 valence electrons. The Labute approximate surface area is 258 Å². The summed E-state index contributed by atoms with van der Waals surface area (Å²) >= 11 is 0. The van der Waals surface area contributed by atoms with Gasteiger partial charge in [0.05, 0.1) is 22.7 Å². The zero-order valence-electron chi connectivity index (χ0n) is 23.8. The number of benzene rings is 4. The van der Waals surface area contributed by atoms with Gasteiger partial charge in [-0.2, -0.15) is 5.26 Å². The fourth-order valence-electron chi connectivity index (χ4n) is 5.49. The van der Waals surface area contributed by atoms with E-state index in [4.69, 9.17) is 19.4 Å². The highest BCUT2D eigenvalue weighted by Gasteiger charge is 2.17. The minimum Gasteiger partial charge on any atom is -0.438 e. The molecule has 0 bridgehead atoms. The summed E-state index contributed by atoms with van der Waals surface area (Å²) in [5.74, 6) is 1.57. The van der Waals surface area contributed by atoms with Gasteiger partial charge >= 0.3 is 0 Å². The van der Waals surface area contributed by atoms with Crippen molar-refractivity contribution in [3.8, 4) is 62.6 Å². The molecule has 7 heteroatoms. The summed E-state index contributed by atoms with van der Waals surface area (Å²) < 4.78 is 6.27. The van der Waals surface area contributed by atoms with E-state index in [0.717, 1.165) is 49.8 Å². The van der Waals surface area contributed by atoms with Crippen LogP contribution in [0.4, 0.5) is 0 Å². The Hall–Kier alpha value is -6.52. The van der Waals surface area contributed by atoms with Crippen LogP contribution in [-0.4, -0.2) is 24.9 Å². The van der Waals surface area contributed by atoms with Gasteiger partial charge in [-0.3, -0.25) is 4.98 Å². The van der Waals surface area contributed by atoms with E-state index in [-0.39, 0.29) is 0 Å². The van der Waals surface area contributed by atoms with Gasteiger partial charge in [0.15, 0.2) is 17.5 Å². The monoisotopic (exact) mass is 578 g/mol. The number of aromatic nitrogens is 5. The lowest BCUT2D eigenvalue weighted by atomic mass is 10.0. The van der Waals surface area contributed by atoms with Gasteiger partial charge in [0.25, 0.3) is 0 Å². The molecule has 0 amide bonds. The highest BCUT2D eigenvalue weighted by atomic mass is 16.3. The second-order valence-corrected chi connectivity index (χ2v) is 10.5. The van der Waals surface area contributed by atoms with E-state index in [1.54, 1.807) is 18.5 Å². The second kappa shape index (κ2) is 11.0. The third kappa shape index (κ3) is 4.86. The van der Waals surface area contributed by atoms with Crippen LogP contribution < -0.4 is 0 Å². The van der Waals surface area contributed by atoms with E-state index in [0.29, 0.717) is 34.3 Å². The molecule has 4 aromatic heterocycles. The Bertz CT molecular complexity index is 2380. The van der Waals surface area contributed by atoms with Crippen molar-refractivity contribution in [2.24, 2.45) is 0 Å². The molecule has 0 aliphatic carbocycles. The summed E-state index contributed by atoms with van der Waals surface area (Å²) in [5, 5.41) is 11.2. The quantitative estimate of drug-likeness (QED) is 0.201. The summed E-state index contributed by atoms with van der Waals surface area (Å²) in [6, 6.07) is 41.5. The molecule has 0 aliphatic rings. The van der Waals surface area contributed by atoms with Crippen LogP contribution in [0.5, 0.6) is 0 Å². The Morgan fingerprint density at radius 3 is 1.98 bits per heavy atom. The molecular weight excluding hydrogens is 556 g/mol. The molecule has 0 spiro atoms. The van der Waals surface area contributed by atoms with Crippen molar-refractivity contribution >= 4 is 22.1 Å². The highest BCUT2D eigenvalue weighted by molar-refractivity contribution is 6.11. The van der Waals surface area contributed by atoms with Crippen molar-refractivity contribution in [2.45, 2.75) is 0 Å². The fourth-order valence-corrected chi connectivity index (χ4v) is 5.49. The van der Waals surface area contributed by atoms with Gasteiger partial charge in [0.2, 0.25) is 5.71 Å². The fraction of sp³-hybridized carbons (Fsp3) is 0. The largest absolute Gasteiger partial charge is 0.438 e. The lowest BCUT2D eigenvalue weighted by Gasteiger charge is -2.09. The number of hydrogen-bond donors (Lipinski definition) is 0. The van der Waals surface area contributed by atoms with Gasteiger partial charge < -0.3 is 4.42 Å². The lowest BCUT2D eigenvalue weighted by Crippen LogP contribution is -2.00. The van der Waals surface area contributed by atoms with Gasteiger partial charge in [-0.1, -0.05) is 78.9 Å². The van der Waals surface area contributed by atoms with E-state index in [9.17, 15) is 5.26 Å². The smallest absolute Gasteiger partial charge is 0.227 e. The molecule has 0 atom stereocenters. The first-order valence-electron chi connectivity index (χ1n) is 14.4. The van der Waals surface area contributed by atoms with E-state index < -0.39 is 0 Å². The standard InChI is InChI=1S/C38H22N6O/c39-22-24-8-7-13-27(20-24)32-17-15-29(23-41-32)37-43-35(26-11-5-2-6-12-26)42-36(44-37)28-14-16-31-33(21-28)45-38-34(31)30(18-19-40-38)25-9-3-1-4-10-25/h1-21,23H. The van der Waals surface area contributed by atoms with Crippen LogP contribution in [0.2, 0.25) is 0 Å². The minimum atomic E-state index is 0.501. The normalized spacial score (nSPS) is 11.1. The SMILES string of the molecule is N#Cc1cccc(-c2ccc(-c3nc(-c4ccccc4)nc(-c4ccc5c(c4)oc4nccc(-c6ccccc6)c45)n3)cn2)c1. The van der Waals surface area contributed by atoms with Crippen LogP contribution >= 0.6 is 0 Å². The molecule has 0 aliphatic heterocycles. The van der Waals surface area contributed by atoms with Gasteiger partial charge in [-0.15, -0.1) is 0 Å². The van der Waals surface area contributed by atoms with E-state index in [2.05, 4.69) is 28.2 Å². The Kier molecular flexibility index (Phi) is 6.36. The number of nitriles is 1. The predicted molar refractivity (Wildman–Crippen MR) is 175 cm³/mol. The first kappa shape index (κ1) is 26.1. The summed E-state index contributed by atoms with van der Waals surface area (Å²) in [5.41, 5.74) is 8.07. The summed E-state index contributed by atoms with van der Waals surface area (Å²) in [4.78, 5) is 23.8. The zero-order valence-corrected chi connectivity index (χ0v) is 23.8.